The van der Waals surface area contributed by atoms with Gasteiger partial charge in [0, 0.05) is 25.5 Å². The zero-order chi connectivity index (χ0) is 16.9. The summed E-state index contributed by atoms with van der Waals surface area (Å²) >= 11 is 0. The van der Waals surface area contributed by atoms with E-state index in [1.54, 1.807) is 37.3 Å². The standard InChI is InChI=1S/C16H20N2O4S/c1-12-3-5-15(6-4-12)23(20,21)10-8-16(19)17-9-7-14-11-13(2)22-18-14/h3-6,11H,7-10H2,1-2H3,(H,17,19). The molecular formula is C16H20N2O4S. The average Bonchev–Trinajstić information content (AvgIpc) is 2.91. The highest BCUT2D eigenvalue weighted by Crippen LogP contribution is 2.13. The minimum atomic E-state index is -3.43. The summed E-state index contributed by atoms with van der Waals surface area (Å²) in [7, 11) is -3.43. The Morgan fingerprint density at radius 3 is 2.52 bits per heavy atom. The fraction of sp³-hybridized carbons (Fsp3) is 0.375. The van der Waals surface area contributed by atoms with Gasteiger partial charge in [-0.2, -0.15) is 0 Å². The Morgan fingerprint density at radius 2 is 1.91 bits per heavy atom. The summed E-state index contributed by atoms with van der Waals surface area (Å²) in [6, 6.07) is 8.42. The Balaban J connectivity index is 1.78. The van der Waals surface area contributed by atoms with Gasteiger partial charge in [0.1, 0.15) is 5.76 Å². The number of hydrogen-bond donors (Lipinski definition) is 1. The van der Waals surface area contributed by atoms with Crippen LogP contribution in [-0.2, 0) is 21.1 Å². The molecule has 0 atom stereocenters. The molecule has 1 aromatic carbocycles. The van der Waals surface area contributed by atoms with Crippen LogP contribution in [0.2, 0.25) is 0 Å². The van der Waals surface area contributed by atoms with Crippen molar-refractivity contribution in [1.29, 1.82) is 0 Å². The number of aromatic nitrogens is 1. The number of aryl methyl sites for hydroxylation is 2. The van der Waals surface area contributed by atoms with Gasteiger partial charge in [-0.25, -0.2) is 8.42 Å². The first kappa shape index (κ1) is 17.2. The highest BCUT2D eigenvalue weighted by Gasteiger charge is 2.16. The fourth-order valence-corrected chi connectivity index (χ4v) is 3.29. The molecule has 0 fully saturated rings. The fourth-order valence-electron chi connectivity index (χ4n) is 2.04. The topological polar surface area (TPSA) is 89.3 Å². The normalized spacial score (nSPS) is 11.4. The summed E-state index contributed by atoms with van der Waals surface area (Å²) in [5.41, 5.74) is 1.75. The molecule has 0 bridgehead atoms. The Hall–Kier alpha value is -2.15. The lowest BCUT2D eigenvalue weighted by atomic mass is 10.2. The first-order valence-electron chi connectivity index (χ1n) is 7.35. The third kappa shape index (κ3) is 5.21. The molecule has 1 amide bonds. The molecule has 0 spiro atoms. The lowest BCUT2D eigenvalue weighted by molar-refractivity contribution is -0.120. The first-order valence-corrected chi connectivity index (χ1v) is 9.00. The molecule has 7 heteroatoms. The van der Waals surface area contributed by atoms with Gasteiger partial charge >= 0.3 is 0 Å². The van der Waals surface area contributed by atoms with E-state index in [2.05, 4.69) is 10.5 Å². The van der Waals surface area contributed by atoms with Gasteiger partial charge in [0.2, 0.25) is 5.91 Å². The van der Waals surface area contributed by atoms with Gasteiger partial charge in [-0.3, -0.25) is 4.79 Å². The van der Waals surface area contributed by atoms with Crippen LogP contribution in [0.5, 0.6) is 0 Å². The van der Waals surface area contributed by atoms with Crippen molar-refractivity contribution in [2.24, 2.45) is 0 Å². The summed E-state index contributed by atoms with van der Waals surface area (Å²) in [6.45, 7) is 4.08. The Morgan fingerprint density at radius 1 is 1.22 bits per heavy atom. The zero-order valence-electron chi connectivity index (χ0n) is 13.2. The van der Waals surface area contributed by atoms with E-state index in [4.69, 9.17) is 4.52 Å². The van der Waals surface area contributed by atoms with E-state index in [-0.39, 0.29) is 23.0 Å². The average molecular weight is 336 g/mol. The van der Waals surface area contributed by atoms with E-state index in [0.717, 1.165) is 17.0 Å². The van der Waals surface area contributed by atoms with E-state index in [0.29, 0.717) is 13.0 Å². The van der Waals surface area contributed by atoms with E-state index < -0.39 is 9.84 Å². The molecule has 1 N–H and O–H groups in total. The number of amides is 1. The highest BCUT2D eigenvalue weighted by atomic mass is 32.2. The number of hydrogen-bond acceptors (Lipinski definition) is 5. The van der Waals surface area contributed by atoms with Gasteiger partial charge in [-0.1, -0.05) is 22.9 Å². The van der Waals surface area contributed by atoms with E-state index in [1.807, 2.05) is 6.92 Å². The van der Waals surface area contributed by atoms with Crippen LogP contribution < -0.4 is 5.32 Å². The summed E-state index contributed by atoms with van der Waals surface area (Å²) in [4.78, 5) is 12.0. The molecule has 1 aromatic heterocycles. The van der Waals surface area contributed by atoms with Gasteiger partial charge in [-0.05, 0) is 26.0 Å². The van der Waals surface area contributed by atoms with Crippen LogP contribution in [0.4, 0.5) is 0 Å². The molecule has 1 heterocycles. The maximum atomic E-state index is 12.1. The monoisotopic (exact) mass is 336 g/mol. The number of nitrogens with one attached hydrogen (secondary N) is 1. The summed E-state index contributed by atoms with van der Waals surface area (Å²) in [6.07, 6.45) is 0.488. The lowest BCUT2D eigenvalue weighted by Crippen LogP contribution is -2.27. The second-order valence-corrected chi connectivity index (χ2v) is 7.52. The number of nitrogens with zero attached hydrogens (tertiary/aromatic N) is 1. The molecule has 2 aromatic rings. The van der Waals surface area contributed by atoms with Crippen molar-refractivity contribution in [3.63, 3.8) is 0 Å². The molecule has 0 radical (unpaired) electrons. The molecule has 0 aliphatic rings. The van der Waals surface area contributed by atoms with Crippen molar-refractivity contribution in [3.8, 4) is 0 Å². The molecule has 23 heavy (non-hydrogen) atoms. The predicted molar refractivity (Wildman–Crippen MR) is 85.8 cm³/mol. The van der Waals surface area contributed by atoms with Gasteiger partial charge in [0.15, 0.2) is 9.84 Å². The number of benzene rings is 1. The lowest BCUT2D eigenvalue weighted by Gasteiger charge is -2.06. The minimum Gasteiger partial charge on any atom is -0.361 e. The van der Waals surface area contributed by atoms with Crippen molar-refractivity contribution < 1.29 is 17.7 Å². The zero-order valence-corrected chi connectivity index (χ0v) is 14.0. The highest BCUT2D eigenvalue weighted by molar-refractivity contribution is 7.91. The van der Waals surface area contributed by atoms with Gasteiger partial charge < -0.3 is 9.84 Å². The number of carbonyl (C=O) groups is 1. The van der Waals surface area contributed by atoms with Crippen LogP contribution in [-0.4, -0.2) is 31.8 Å². The van der Waals surface area contributed by atoms with Crippen LogP contribution in [0.1, 0.15) is 23.4 Å². The van der Waals surface area contributed by atoms with Crippen LogP contribution in [0.25, 0.3) is 0 Å². The molecule has 0 aliphatic heterocycles. The van der Waals surface area contributed by atoms with Crippen LogP contribution in [0.15, 0.2) is 39.8 Å². The Kier molecular flexibility index (Phi) is 5.54. The third-order valence-corrected chi connectivity index (χ3v) is 5.09. The largest absolute Gasteiger partial charge is 0.361 e. The molecule has 0 aliphatic carbocycles. The SMILES string of the molecule is Cc1ccc(S(=O)(=O)CCC(=O)NCCc2cc(C)on2)cc1. The Labute approximate surface area is 135 Å². The molecule has 6 nitrogen and oxygen atoms in total. The second-order valence-electron chi connectivity index (χ2n) is 5.41. The maximum Gasteiger partial charge on any atom is 0.221 e. The van der Waals surface area contributed by atoms with E-state index in [1.165, 1.54) is 0 Å². The van der Waals surface area contributed by atoms with Crippen LogP contribution >= 0.6 is 0 Å². The van der Waals surface area contributed by atoms with Crippen molar-refractivity contribution in [2.75, 3.05) is 12.3 Å². The van der Waals surface area contributed by atoms with E-state index >= 15 is 0 Å². The summed E-state index contributed by atoms with van der Waals surface area (Å²) in [5.74, 6) is 0.224. The third-order valence-electron chi connectivity index (χ3n) is 3.36. The molecule has 0 saturated heterocycles. The van der Waals surface area contributed by atoms with Gasteiger partial charge in [-0.15, -0.1) is 0 Å². The van der Waals surface area contributed by atoms with Crippen molar-refractivity contribution in [1.82, 2.24) is 10.5 Å². The van der Waals surface area contributed by atoms with E-state index in [9.17, 15) is 13.2 Å². The minimum absolute atomic E-state index is 0.0615. The number of sulfone groups is 1. The van der Waals surface area contributed by atoms with Crippen LogP contribution in [0.3, 0.4) is 0 Å². The maximum absolute atomic E-state index is 12.1. The van der Waals surface area contributed by atoms with Crippen molar-refractivity contribution >= 4 is 15.7 Å². The second kappa shape index (κ2) is 7.41. The van der Waals surface area contributed by atoms with Crippen molar-refractivity contribution in [2.45, 2.75) is 31.6 Å². The molecule has 2 rings (SSSR count). The predicted octanol–water partition coefficient (Wildman–Crippen LogP) is 1.81. The molecule has 0 unspecified atom stereocenters. The van der Waals surface area contributed by atoms with Gasteiger partial charge in [0.05, 0.1) is 16.3 Å². The van der Waals surface area contributed by atoms with Gasteiger partial charge in [0.25, 0.3) is 0 Å². The molecule has 0 saturated carbocycles. The van der Waals surface area contributed by atoms with Crippen molar-refractivity contribution in [3.05, 3.63) is 47.3 Å². The number of rotatable bonds is 7. The molecule has 124 valence electrons. The number of carbonyl (C=O) groups excluding carboxylic acids is 1. The summed E-state index contributed by atoms with van der Waals surface area (Å²) in [5, 5.41) is 6.51. The smallest absolute Gasteiger partial charge is 0.221 e. The quantitative estimate of drug-likeness (QED) is 0.833. The summed E-state index contributed by atoms with van der Waals surface area (Å²) < 4.78 is 29.2. The Bertz CT molecular complexity index is 764. The molecular weight excluding hydrogens is 316 g/mol. The first-order chi connectivity index (χ1) is 10.9. The van der Waals surface area contributed by atoms with Crippen LogP contribution in [0, 0.1) is 13.8 Å².